The molecule has 1 aromatic rings. The van der Waals surface area contributed by atoms with Crippen LogP contribution in [-0.4, -0.2) is 24.3 Å². The molecule has 0 aliphatic carbocycles. The van der Waals surface area contributed by atoms with Crippen molar-refractivity contribution in [3.05, 3.63) is 28.2 Å². The molecule has 0 amide bonds. The summed E-state index contributed by atoms with van der Waals surface area (Å²) in [7, 11) is 0. The van der Waals surface area contributed by atoms with Crippen LogP contribution in [0.15, 0.2) is 22.7 Å². The molecule has 1 aliphatic rings. The molecule has 2 unspecified atom stereocenters. The molecule has 1 N–H and O–H groups in total. The fourth-order valence-corrected chi connectivity index (χ4v) is 2.93. The summed E-state index contributed by atoms with van der Waals surface area (Å²) in [5.74, 6) is 0.190. The van der Waals surface area contributed by atoms with Gasteiger partial charge in [0, 0.05) is 16.7 Å². The van der Waals surface area contributed by atoms with Crippen molar-refractivity contribution in [3.8, 4) is 0 Å². The fourth-order valence-electron chi connectivity index (χ4n) is 2.57. The van der Waals surface area contributed by atoms with Gasteiger partial charge in [0.05, 0.1) is 18.2 Å². The van der Waals surface area contributed by atoms with Gasteiger partial charge < -0.3 is 10.0 Å². The fraction of sp³-hybridized carbons (Fsp3) is 0.538. The first-order chi connectivity index (χ1) is 8.84. The lowest BCUT2D eigenvalue weighted by molar-refractivity contribution is -0.137. The van der Waals surface area contributed by atoms with E-state index in [1.165, 1.54) is 6.07 Å². The van der Waals surface area contributed by atoms with Crippen LogP contribution in [-0.2, 0) is 6.18 Å². The Balaban J connectivity index is 2.45. The first-order valence-corrected chi connectivity index (χ1v) is 6.88. The third kappa shape index (κ3) is 2.89. The molecule has 2 rings (SSSR count). The molecule has 19 heavy (non-hydrogen) atoms. The van der Waals surface area contributed by atoms with Crippen LogP contribution in [0.4, 0.5) is 18.9 Å². The van der Waals surface area contributed by atoms with Crippen LogP contribution in [0.25, 0.3) is 0 Å². The number of halogens is 4. The summed E-state index contributed by atoms with van der Waals surface area (Å²) in [6.45, 7) is 2.36. The molecule has 0 aromatic heterocycles. The van der Waals surface area contributed by atoms with Crippen LogP contribution in [0.1, 0.15) is 18.9 Å². The van der Waals surface area contributed by atoms with Crippen molar-refractivity contribution >= 4 is 21.6 Å². The SMILES string of the molecule is CC1CCN(c2ccc(Br)cc2C(F)(F)F)C1CO. The Morgan fingerprint density at radius 2 is 2.11 bits per heavy atom. The molecule has 0 spiro atoms. The molecule has 6 heteroatoms. The Hall–Kier alpha value is -0.750. The number of hydrogen-bond donors (Lipinski definition) is 1. The molecule has 106 valence electrons. The largest absolute Gasteiger partial charge is 0.418 e. The number of aliphatic hydroxyl groups is 1. The maximum absolute atomic E-state index is 13.1. The zero-order valence-corrected chi connectivity index (χ0v) is 12.0. The van der Waals surface area contributed by atoms with Gasteiger partial charge in [-0.05, 0) is 30.5 Å². The summed E-state index contributed by atoms with van der Waals surface area (Å²) in [4.78, 5) is 1.67. The number of alkyl halides is 3. The van der Waals surface area contributed by atoms with Crippen LogP contribution in [0, 0.1) is 5.92 Å². The van der Waals surface area contributed by atoms with Crippen molar-refractivity contribution < 1.29 is 18.3 Å². The van der Waals surface area contributed by atoms with Gasteiger partial charge in [0.2, 0.25) is 0 Å². The van der Waals surface area contributed by atoms with E-state index in [0.717, 1.165) is 12.5 Å². The lowest BCUT2D eigenvalue weighted by Crippen LogP contribution is -2.36. The van der Waals surface area contributed by atoms with Crippen molar-refractivity contribution in [2.24, 2.45) is 5.92 Å². The van der Waals surface area contributed by atoms with Gasteiger partial charge in [0.1, 0.15) is 0 Å². The zero-order chi connectivity index (χ0) is 14.2. The normalized spacial score (nSPS) is 24.0. The quantitative estimate of drug-likeness (QED) is 0.889. The average molecular weight is 338 g/mol. The Kier molecular flexibility index (Phi) is 4.11. The van der Waals surface area contributed by atoms with Crippen molar-refractivity contribution in [1.29, 1.82) is 0 Å². The summed E-state index contributed by atoms with van der Waals surface area (Å²) in [6, 6.07) is 3.91. The Morgan fingerprint density at radius 1 is 1.42 bits per heavy atom. The van der Waals surface area contributed by atoms with Gasteiger partial charge in [-0.2, -0.15) is 13.2 Å². The second-order valence-electron chi connectivity index (χ2n) is 4.87. The molecule has 1 heterocycles. The van der Waals surface area contributed by atoms with Gasteiger partial charge in [-0.25, -0.2) is 0 Å². The van der Waals surface area contributed by atoms with Gasteiger partial charge in [0.15, 0.2) is 0 Å². The molecular weight excluding hydrogens is 323 g/mol. The molecule has 0 radical (unpaired) electrons. The van der Waals surface area contributed by atoms with E-state index < -0.39 is 11.7 Å². The van der Waals surface area contributed by atoms with Gasteiger partial charge in [-0.3, -0.25) is 0 Å². The predicted octanol–water partition coefficient (Wildman–Crippen LogP) is 3.68. The second-order valence-corrected chi connectivity index (χ2v) is 5.78. The lowest BCUT2D eigenvalue weighted by atomic mass is 10.0. The minimum atomic E-state index is -4.40. The highest BCUT2D eigenvalue weighted by molar-refractivity contribution is 9.10. The minimum Gasteiger partial charge on any atom is -0.394 e. The Bertz CT molecular complexity index is 464. The van der Waals surface area contributed by atoms with E-state index in [1.54, 1.807) is 11.0 Å². The molecule has 0 saturated carbocycles. The van der Waals surface area contributed by atoms with E-state index in [0.29, 0.717) is 11.0 Å². The minimum absolute atomic E-state index is 0.130. The first kappa shape index (κ1) is 14.7. The Labute approximate surface area is 118 Å². The molecule has 2 atom stereocenters. The molecule has 1 aromatic carbocycles. The van der Waals surface area contributed by atoms with Crippen LogP contribution >= 0.6 is 15.9 Å². The Morgan fingerprint density at radius 3 is 2.68 bits per heavy atom. The van der Waals surface area contributed by atoms with Crippen molar-refractivity contribution in [3.63, 3.8) is 0 Å². The topological polar surface area (TPSA) is 23.5 Å². The molecule has 2 nitrogen and oxygen atoms in total. The van der Waals surface area contributed by atoms with Crippen LogP contribution < -0.4 is 4.90 Å². The summed E-state index contributed by atoms with van der Waals surface area (Å²) >= 11 is 3.07. The average Bonchev–Trinajstić information content (AvgIpc) is 2.69. The highest BCUT2D eigenvalue weighted by atomic mass is 79.9. The smallest absolute Gasteiger partial charge is 0.394 e. The van der Waals surface area contributed by atoms with E-state index in [9.17, 15) is 18.3 Å². The van der Waals surface area contributed by atoms with Gasteiger partial charge in [-0.1, -0.05) is 22.9 Å². The number of rotatable bonds is 2. The van der Waals surface area contributed by atoms with E-state index in [-0.39, 0.29) is 24.3 Å². The monoisotopic (exact) mass is 337 g/mol. The molecular formula is C13H15BrF3NO. The van der Waals surface area contributed by atoms with E-state index in [1.807, 2.05) is 6.92 Å². The summed E-state index contributed by atoms with van der Waals surface area (Å²) in [6.07, 6.45) is -3.61. The van der Waals surface area contributed by atoms with Crippen LogP contribution in [0.5, 0.6) is 0 Å². The van der Waals surface area contributed by atoms with Gasteiger partial charge in [-0.15, -0.1) is 0 Å². The zero-order valence-electron chi connectivity index (χ0n) is 10.4. The maximum Gasteiger partial charge on any atom is 0.418 e. The summed E-state index contributed by atoms with van der Waals surface area (Å²) in [5.41, 5.74) is -0.506. The third-order valence-corrected chi connectivity index (χ3v) is 4.14. The van der Waals surface area contributed by atoms with Crippen LogP contribution in [0.3, 0.4) is 0 Å². The van der Waals surface area contributed by atoms with E-state index in [4.69, 9.17) is 0 Å². The van der Waals surface area contributed by atoms with Crippen LogP contribution in [0.2, 0.25) is 0 Å². The molecule has 1 aliphatic heterocycles. The van der Waals surface area contributed by atoms with Crippen molar-refractivity contribution in [2.75, 3.05) is 18.1 Å². The number of nitrogens with zero attached hydrogens (tertiary/aromatic N) is 1. The number of anilines is 1. The first-order valence-electron chi connectivity index (χ1n) is 6.09. The van der Waals surface area contributed by atoms with E-state index >= 15 is 0 Å². The maximum atomic E-state index is 13.1. The standard InChI is InChI=1S/C13H15BrF3NO/c1-8-4-5-18(12(8)7-19)11-3-2-9(14)6-10(11)13(15,16)17/h2-3,6,8,12,19H,4-5,7H2,1H3. The summed E-state index contributed by atoms with van der Waals surface area (Å²) < 4.78 is 39.7. The van der Waals surface area contributed by atoms with Crippen molar-refractivity contribution in [2.45, 2.75) is 25.6 Å². The number of aliphatic hydroxyl groups excluding tert-OH is 1. The highest BCUT2D eigenvalue weighted by Crippen LogP contribution is 2.41. The number of benzene rings is 1. The highest BCUT2D eigenvalue weighted by Gasteiger charge is 2.39. The number of hydrogen-bond acceptors (Lipinski definition) is 2. The molecule has 1 fully saturated rings. The van der Waals surface area contributed by atoms with Crippen molar-refractivity contribution in [1.82, 2.24) is 0 Å². The molecule has 1 saturated heterocycles. The summed E-state index contributed by atoms with van der Waals surface area (Å²) in [5, 5.41) is 9.38. The lowest BCUT2D eigenvalue weighted by Gasteiger charge is -2.29. The van der Waals surface area contributed by atoms with Gasteiger partial charge >= 0.3 is 6.18 Å². The van der Waals surface area contributed by atoms with E-state index in [2.05, 4.69) is 15.9 Å². The third-order valence-electron chi connectivity index (χ3n) is 3.64. The van der Waals surface area contributed by atoms with Gasteiger partial charge in [0.25, 0.3) is 0 Å². The molecule has 0 bridgehead atoms. The second kappa shape index (κ2) is 5.32. The predicted molar refractivity (Wildman–Crippen MR) is 71.1 cm³/mol.